The molecule has 2 heteroatoms. The van der Waals surface area contributed by atoms with Crippen molar-refractivity contribution in [3.63, 3.8) is 0 Å². The van der Waals surface area contributed by atoms with E-state index < -0.39 is 0 Å². The summed E-state index contributed by atoms with van der Waals surface area (Å²) in [6.45, 7) is 2.23. The molecule has 0 aromatic carbocycles. The van der Waals surface area contributed by atoms with Gasteiger partial charge in [0.15, 0.2) is 0 Å². The molecule has 0 spiro atoms. The lowest BCUT2D eigenvalue weighted by molar-refractivity contribution is 0.882. The molecule has 0 radical (unpaired) electrons. The minimum absolute atomic E-state index is 1.36. The van der Waals surface area contributed by atoms with Gasteiger partial charge in [-0.2, -0.15) is 0 Å². The van der Waals surface area contributed by atoms with Gasteiger partial charge in [0, 0.05) is 0 Å². The topological polar surface area (TPSA) is 0 Å². The first-order valence-corrected chi connectivity index (χ1v) is 2.91. The average molecular weight is 81.8 g/mol. The van der Waals surface area contributed by atoms with Crippen LogP contribution >= 0.6 is 0 Å². The van der Waals surface area contributed by atoms with E-state index in [0.29, 0.717) is 0 Å². The summed E-state index contributed by atoms with van der Waals surface area (Å²) in [6.07, 6.45) is 4.18. The molecule has 0 unspecified atom stereocenters. The van der Waals surface area contributed by atoms with Crippen LogP contribution < -0.4 is 0 Å². The second-order valence-electron chi connectivity index (χ2n) is 1.71. The van der Waals surface area contributed by atoms with Crippen LogP contribution in [0.15, 0.2) is 0 Å². The predicted molar refractivity (Wildman–Crippen MR) is 35.4 cm³/mol. The SMILES string of the molecule is BBCCCC. The molecule has 0 aliphatic heterocycles. The Labute approximate surface area is 42.0 Å². The third kappa shape index (κ3) is 4.13. The Morgan fingerprint density at radius 2 is 2.33 bits per heavy atom. The van der Waals surface area contributed by atoms with Crippen LogP contribution in [0.25, 0.3) is 0 Å². The molecule has 0 bridgehead atoms. The third-order valence-corrected chi connectivity index (χ3v) is 0.957. The average Bonchev–Trinajstić information content (AvgIpc) is 1.61. The summed E-state index contributed by atoms with van der Waals surface area (Å²) in [6, 6.07) is 0. The zero-order chi connectivity index (χ0) is 4.83. The lowest BCUT2D eigenvalue weighted by Gasteiger charge is -1.84. The van der Waals surface area contributed by atoms with Gasteiger partial charge in [0.1, 0.15) is 0 Å². The van der Waals surface area contributed by atoms with E-state index in [2.05, 4.69) is 14.7 Å². The first-order valence-electron chi connectivity index (χ1n) is 2.91. The number of rotatable bonds is 3. The maximum absolute atomic E-state index is 2.23. The van der Waals surface area contributed by atoms with Crippen LogP contribution in [0, 0.1) is 0 Å². The van der Waals surface area contributed by atoms with Crippen LogP contribution in [0.5, 0.6) is 0 Å². The van der Waals surface area contributed by atoms with E-state index in [9.17, 15) is 0 Å². The van der Waals surface area contributed by atoms with Crippen molar-refractivity contribution >= 4 is 14.9 Å². The predicted octanol–water partition coefficient (Wildman–Crippen LogP) is 0.189. The van der Waals surface area contributed by atoms with Crippen molar-refractivity contribution in [3.8, 4) is 0 Å². The molecule has 0 nitrogen and oxygen atoms in total. The van der Waals surface area contributed by atoms with Gasteiger partial charge < -0.3 is 0 Å². The van der Waals surface area contributed by atoms with Crippen LogP contribution in [-0.4, -0.2) is 14.9 Å². The monoisotopic (exact) mass is 82.1 g/mol. The molecule has 0 saturated heterocycles. The summed E-state index contributed by atoms with van der Waals surface area (Å²) < 4.78 is 0. The molecule has 34 valence electrons. The van der Waals surface area contributed by atoms with Gasteiger partial charge >= 0.3 is 0 Å². The fourth-order valence-electron chi connectivity index (χ4n) is 0.500. The molecule has 0 N–H and O–H groups in total. The summed E-state index contributed by atoms with van der Waals surface area (Å²) >= 11 is 0. The third-order valence-electron chi connectivity index (χ3n) is 0.957. The van der Waals surface area contributed by atoms with Gasteiger partial charge in [0.25, 0.3) is 0 Å². The molecular formula is C4H12B2. The Bertz CT molecular complexity index is 17.5. The minimum atomic E-state index is 1.36. The summed E-state index contributed by atoms with van der Waals surface area (Å²) in [5.41, 5.74) is 0. The second kappa shape index (κ2) is 5.13. The van der Waals surface area contributed by atoms with Gasteiger partial charge in [-0.3, -0.25) is 0 Å². The smallest absolute Gasteiger partial charge is 0.0821 e. The van der Waals surface area contributed by atoms with E-state index in [1.807, 2.05) is 0 Å². The Hall–Kier alpha value is 0.130. The van der Waals surface area contributed by atoms with Gasteiger partial charge in [-0.15, -0.1) is 0 Å². The van der Waals surface area contributed by atoms with E-state index >= 15 is 0 Å². The highest BCUT2D eigenvalue weighted by molar-refractivity contribution is 6.89. The molecule has 0 aliphatic rings. The fourth-order valence-corrected chi connectivity index (χ4v) is 0.500. The first kappa shape index (κ1) is 6.13. The lowest BCUT2D eigenvalue weighted by Crippen LogP contribution is -1.84. The quantitative estimate of drug-likeness (QED) is 0.336. The van der Waals surface area contributed by atoms with Gasteiger partial charge in [0.05, 0.1) is 14.9 Å². The van der Waals surface area contributed by atoms with Crippen LogP contribution in [0.2, 0.25) is 6.32 Å². The molecule has 0 saturated carbocycles. The van der Waals surface area contributed by atoms with Crippen LogP contribution in [0.3, 0.4) is 0 Å². The molecule has 0 fully saturated rings. The molecule has 0 aliphatic carbocycles. The van der Waals surface area contributed by atoms with E-state index in [0.717, 1.165) is 0 Å². The Morgan fingerprint density at radius 3 is 2.50 bits per heavy atom. The summed E-state index contributed by atoms with van der Waals surface area (Å²) in [4.78, 5) is 0. The highest BCUT2D eigenvalue weighted by atomic mass is 13.7. The summed E-state index contributed by atoms with van der Waals surface area (Å²) in [5.74, 6) is 0. The molecular weight excluding hydrogens is 69.7 g/mol. The highest BCUT2D eigenvalue weighted by Gasteiger charge is 1.77. The highest BCUT2D eigenvalue weighted by Crippen LogP contribution is 1.89. The fraction of sp³-hybridized carbons (Fsp3) is 1.00. The van der Waals surface area contributed by atoms with Crippen molar-refractivity contribution < 1.29 is 0 Å². The largest absolute Gasteiger partial charge is 0.0850 e. The lowest BCUT2D eigenvalue weighted by atomic mass is 9.53. The van der Waals surface area contributed by atoms with E-state index in [4.69, 9.17) is 0 Å². The van der Waals surface area contributed by atoms with Gasteiger partial charge in [-0.25, -0.2) is 0 Å². The second-order valence-corrected chi connectivity index (χ2v) is 1.71. The van der Waals surface area contributed by atoms with E-state index in [1.165, 1.54) is 26.3 Å². The van der Waals surface area contributed by atoms with Crippen molar-refractivity contribution in [1.82, 2.24) is 0 Å². The zero-order valence-corrected chi connectivity index (χ0v) is 4.83. The minimum Gasteiger partial charge on any atom is -0.0850 e. The maximum atomic E-state index is 2.23. The maximum Gasteiger partial charge on any atom is 0.0821 e. The van der Waals surface area contributed by atoms with Crippen molar-refractivity contribution in [1.29, 1.82) is 0 Å². The number of hydrogen-bond acceptors (Lipinski definition) is 0. The van der Waals surface area contributed by atoms with Crippen molar-refractivity contribution in [3.05, 3.63) is 0 Å². The normalized spacial score (nSPS) is 8.17. The number of unbranched alkanes of at least 4 members (excludes halogenated alkanes) is 1. The molecule has 0 heterocycles. The van der Waals surface area contributed by atoms with Gasteiger partial charge in [0.2, 0.25) is 0 Å². The van der Waals surface area contributed by atoms with Crippen molar-refractivity contribution in [2.24, 2.45) is 0 Å². The Balaban J connectivity index is 2.34. The number of hydrogen-bond donors (Lipinski definition) is 0. The summed E-state index contributed by atoms with van der Waals surface area (Å²) in [7, 11) is 3.59. The molecule has 0 aromatic rings. The zero-order valence-electron chi connectivity index (χ0n) is 4.83. The Morgan fingerprint density at radius 1 is 1.67 bits per heavy atom. The molecule has 0 amide bonds. The first-order chi connectivity index (χ1) is 2.91. The molecule has 0 aromatic heterocycles. The Kier molecular flexibility index (Phi) is 5.24. The molecule has 0 atom stereocenters. The van der Waals surface area contributed by atoms with Crippen LogP contribution in [-0.2, 0) is 0 Å². The van der Waals surface area contributed by atoms with Crippen molar-refractivity contribution in [2.75, 3.05) is 0 Å². The summed E-state index contributed by atoms with van der Waals surface area (Å²) in [5, 5.41) is 0. The van der Waals surface area contributed by atoms with Crippen LogP contribution in [0.1, 0.15) is 19.8 Å². The van der Waals surface area contributed by atoms with E-state index in [-0.39, 0.29) is 0 Å². The van der Waals surface area contributed by atoms with E-state index in [1.54, 1.807) is 0 Å². The van der Waals surface area contributed by atoms with Crippen LogP contribution in [0.4, 0.5) is 0 Å². The van der Waals surface area contributed by atoms with Crippen molar-refractivity contribution in [2.45, 2.75) is 26.1 Å². The molecule has 6 heavy (non-hydrogen) atoms. The standard InChI is InChI=1S/C4H12B2/c1-2-3-4-6-5/h6H,2-5H2,1H3. The van der Waals surface area contributed by atoms with Gasteiger partial charge in [-0.1, -0.05) is 26.1 Å². The van der Waals surface area contributed by atoms with Gasteiger partial charge in [-0.05, 0) is 0 Å². The molecule has 0 rings (SSSR count).